The van der Waals surface area contributed by atoms with Gasteiger partial charge in [0.2, 0.25) is 0 Å². The summed E-state index contributed by atoms with van der Waals surface area (Å²) in [6, 6.07) is 8.48. The molecular weight excluding hydrogens is 218 g/mol. The number of nitrogens with zero attached hydrogens (tertiary/aromatic N) is 1. The predicted octanol–water partition coefficient (Wildman–Crippen LogP) is 4.91. The van der Waals surface area contributed by atoms with E-state index in [1.807, 2.05) is 0 Å². The van der Waals surface area contributed by atoms with Crippen LogP contribution in [0.3, 0.4) is 0 Å². The Morgan fingerprint density at radius 2 is 1.89 bits per heavy atom. The third-order valence-corrected chi connectivity index (χ3v) is 5.88. The van der Waals surface area contributed by atoms with Crippen molar-refractivity contribution in [1.82, 2.24) is 0 Å². The molecule has 96 valence electrons. The van der Waals surface area contributed by atoms with Gasteiger partial charge in [-0.3, -0.25) is 4.99 Å². The van der Waals surface area contributed by atoms with Crippen molar-refractivity contribution < 1.29 is 0 Å². The zero-order valence-electron chi connectivity index (χ0n) is 12.0. The number of aliphatic imine (C=N–C) groups is 1. The van der Waals surface area contributed by atoms with Crippen molar-refractivity contribution in [1.29, 1.82) is 0 Å². The van der Waals surface area contributed by atoms with E-state index in [9.17, 15) is 0 Å². The van der Waals surface area contributed by atoms with Crippen molar-refractivity contribution in [3.63, 3.8) is 0 Å². The van der Waals surface area contributed by atoms with E-state index < -0.39 is 0 Å². The van der Waals surface area contributed by atoms with Crippen LogP contribution >= 0.6 is 0 Å². The van der Waals surface area contributed by atoms with E-state index in [0.717, 1.165) is 11.6 Å². The van der Waals surface area contributed by atoms with E-state index >= 15 is 0 Å². The Hall–Kier alpha value is -1.11. The molecule has 1 aromatic rings. The van der Waals surface area contributed by atoms with Gasteiger partial charge in [0.1, 0.15) is 0 Å². The van der Waals surface area contributed by atoms with Gasteiger partial charge >= 0.3 is 0 Å². The van der Waals surface area contributed by atoms with Crippen LogP contribution in [0.2, 0.25) is 0 Å². The molecule has 0 amide bonds. The molecule has 0 aliphatic heterocycles. The van der Waals surface area contributed by atoms with Crippen molar-refractivity contribution in [3.05, 3.63) is 29.8 Å². The van der Waals surface area contributed by atoms with Crippen LogP contribution in [0, 0.1) is 23.7 Å². The number of aryl methyl sites for hydroxylation is 1. The molecule has 2 bridgehead atoms. The van der Waals surface area contributed by atoms with Gasteiger partial charge in [0.15, 0.2) is 0 Å². The summed E-state index contributed by atoms with van der Waals surface area (Å²) in [5.41, 5.74) is 4.64. The van der Waals surface area contributed by atoms with Crippen molar-refractivity contribution in [2.75, 3.05) is 0 Å². The van der Waals surface area contributed by atoms with E-state index in [0.29, 0.717) is 10.8 Å². The number of fused-ring (bicyclic) bond motifs is 2. The normalized spacial score (nSPS) is 35.3. The first-order chi connectivity index (χ1) is 8.45. The maximum atomic E-state index is 5.02. The number of hydrogen-bond donors (Lipinski definition) is 0. The molecular formula is C17H23N. The lowest BCUT2D eigenvalue weighted by Gasteiger charge is -2.34. The van der Waals surface area contributed by atoms with Crippen LogP contribution in [0.4, 0.5) is 5.69 Å². The van der Waals surface area contributed by atoms with E-state index in [4.69, 9.17) is 4.99 Å². The molecule has 0 radical (unpaired) electrons. The Kier molecular flexibility index (Phi) is 2.45. The Balaban J connectivity index is 2.03. The molecule has 0 aromatic heterocycles. The minimum Gasteiger partial charge on any atom is -0.257 e. The monoisotopic (exact) mass is 241 g/mol. The molecule has 1 nitrogen and oxygen atoms in total. The summed E-state index contributed by atoms with van der Waals surface area (Å²) in [6.45, 7) is 9.45. The van der Waals surface area contributed by atoms with Crippen LogP contribution in [-0.4, -0.2) is 5.71 Å². The quantitative estimate of drug-likeness (QED) is 0.662. The van der Waals surface area contributed by atoms with Crippen LogP contribution < -0.4 is 0 Å². The first-order valence-corrected chi connectivity index (χ1v) is 7.09. The fourth-order valence-electron chi connectivity index (χ4n) is 3.93. The van der Waals surface area contributed by atoms with Crippen LogP contribution in [-0.2, 0) is 0 Å². The van der Waals surface area contributed by atoms with Crippen molar-refractivity contribution >= 4 is 11.4 Å². The van der Waals surface area contributed by atoms with E-state index in [1.54, 1.807) is 0 Å². The average molecular weight is 241 g/mol. The SMILES string of the molecule is Cc1ccccc1N=C1CC2CCC1(C)C2(C)C. The highest BCUT2D eigenvalue weighted by molar-refractivity contribution is 5.96. The molecule has 3 rings (SSSR count). The number of hydrogen-bond acceptors (Lipinski definition) is 1. The molecule has 1 aromatic carbocycles. The Morgan fingerprint density at radius 1 is 1.17 bits per heavy atom. The van der Waals surface area contributed by atoms with Crippen LogP contribution in [0.25, 0.3) is 0 Å². The zero-order valence-corrected chi connectivity index (χ0v) is 12.0. The van der Waals surface area contributed by atoms with Crippen LogP contribution in [0.1, 0.15) is 45.6 Å². The van der Waals surface area contributed by atoms with Gasteiger partial charge in [0, 0.05) is 11.1 Å². The fraction of sp³-hybridized carbons (Fsp3) is 0.588. The van der Waals surface area contributed by atoms with E-state index in [2.05, 4.69) is 52.0 Å². The summed E-state index contributed by atoms with van der Waals surface area (Å²) in [4.78, 5) is 5.02. The molecule has 2 unspecified atom stereocenters. The number of para-hydroxylation sites is 1. The molecule has 2 saturated carbocycles. The standard InChI is InChI=1S/C17H23N/c1-12-7-5-6-8-14(12)18-15-11-13-9-10-17(15,4)16(13,2)3/h5-8,13H,9-11H2,1-4H3. The highest BCUT2D eigenvalue weighted by Gasteiger charge is 2.59. The third kappa shape index (κ3) is 1.43. The Morgan fingerprint density at radius 3 is 2.44 bits per heavy atom. The predicted molar refractivity (Wildman–Crippen MR) is 77.5 cm³/mol. The van der Waals surface area contributed by atoms with Crippen LogP contribution in [0.15, 0.2) is 29.3 Å². The van der Waals surface area contributed by atoms with Gasteiger partial charge in [-0.15, -0.1) is 0 Å². The highest BCUT2D eigenvalue weighted by Crippen LogP contribution is 2.64. The maximum Gasteiger partial charge on any atom is 0.0658 e. The Bertz CT molecular complexity index is 512. The first-order valence-electron chi connectivity index (χ1n) is 7.09. The van der Waals surface area contributed by atoms with Gasteiger partial charge in [-0.1, -0.05) is 39.0 Å². The van der Waals surface area contributed by atoms with E-state index in [-0.39, 0.29) is 0 Å². The molecule has 0 heterocycles. The van der Waals surface area contributed by atoms with Crippen molar-refractivity contribution in [2.45, 2.75) is 47.0 Å². The number of benzene rings is 1. The molecule has 0 spiro atoms. The molecule has 1 heteroatoms. The fourth-order valence-corrected chi connectivity index (χ4v) is 3.93. The summed E-state index contributed by atoms with van der Waals surface area (Å²) in [5, 5.41) is 0. The second-order valence-electron chi connectivity index (χ2n) is 6.84. The largest absolute Gasteiger partial charge is 0.257 e. The second-order valence-corrected chi connectivity index (χ2v) is 6.84. The van der Waals surface area contributed by atoms with Gasteiger partial charge in [-0.2, -0.15) is 0 Å². The maximum absolute atomic E-state index is 5.02. The zero-order chi connectivity index (χ0) is 13.0. The lowest BCUT2D eigenvalue weighted by atomic mass is 9.70. The summed E-state index contributed by atoms with van der Waals surface area (Å²) in [5.74, 6) is 0.838. The van der Waals surface area contributed by atoms with E-state index in [1.165, 1.54) is 30.5 Å². The molecule has 0 saturated heterocycles. The molecule has 2 atom stereocenters. The minimum absolute atomic E-state index is 0.319. The third-order valence-electron chi connectivity index (χ3n) is 5.88. The number of rotatable bonds is 1. The molecule has 2 aliphatic carbocycles. The van der Waals surface area contributed by atoms with Gasteiger partial charge in [-0.05, 0) is 49.1 Å². The second kappa shape index (κ2) is 3.69. The first kappa shape index (κ1) is 12.0. The molecule has 0 N–H and O–H groups in total. The molecule has 2 fully saturated rings. The smallest absolute Gasteiger partial charge is 0.0658 e. The van der Waals surface area contributed by atoms with Gasteiger partial charge in [-0.25, -0.2) is 0 Å². The minimum atomic E-state index is 0.319. The lowest BCUT2D eigenvalue weighted by molar-refractivity contribution is 0.194. The average Bonchev–Trinajstić information content (AvgIpc) is 2.65. The summed E-state index contributed by atoms with van der Waals surface area (Å²) < 4.78 is 0. The van der Waals surface area contributed by atoms with Gasteiger partial charge in [0.05, 0.1) is 5.69 Å². The van der Waals surface area contributed by atoms with Crippen molar-refractivity contribution in [2.24, 2.45) is 21.7 Å². The topological polar surface area (TPSA) is 12.4 Å². The van der Waals surface area contributed by atoms with Crippen molar-refractivity contribution in [3.8, 4) is 0 Å². The van der Waals surface area contributed by atoms with Gasteiger partial charge < -0.3 is 0 Å². The summed E-state index contributed by atoms with van der Waals surface area (Å²) in [7, 11) is 0. The molecule has 2 aliphatic rings. The highest BCUT2D eigenvalue weighted by atomic mass is 14.8. The Labute approximate surface area is 110 Å². The lowest BCUT2D eigenvalue weighted by Crippen LogP contribution is -2.32. The van der Waals surface area contributed by atoms with Gasteiger partial charge in [0.25, 0.3) is 0 Å². The summed E-state index contributed by atoms with van der Waals surface area (Å²) in [6.07, 6.45) is 3.91. The summed E-state index contributed by atoms with van der Waals surface area (Å²) >= 11 is 0. The molecule has 18 heavy (non-hydrogen) atoms. The van der Waals surface area contributed by atoms with Crippen LogP contribution in [0.5, 0.6) is 0 Å².